The van der Waals surface area contributed by atoms with Gasteiger partial charge in [0.2, 0.25) is 5.95 Å². The molecule has 0 saturated heterocycles. The van der Waals surface area contributed by atoms with E-state index in [4.69, 9.17) is 9.47 Å². The maximum atomic E-state index is 12.3. The number of fused-ring (bicyclic) bond motifs is 1. The van der Waals surface area contributed by atoms with Gasteiger partial charge in [-0.2, -0.15) is 4.98 Å². The van der Waals surface area contributed by atoms with Crippen LogP contribution in [0.25, 0.3) is 0 Å². The number of benzene rings is 2. The summed E-state index contributed by atoms with van der Waals surface area (Å²) in [5, 5.41) is 9.23. The minimum absolute atomic E-state index is 0.183. The highest BCUT2D eigenvalue weighted by molar-refractivity contribution is 9.10. The van der Waals surface area contributed by atoms with Crippen molar-refractivity contribution in [2.75, 3.05) is 58.1 Å². The average Bonchev–Trinajstić information content (AvgIpc) is 3.10. The summed E-state index contributed by atoms with van der Waals surface area (Å²) in [5.74, 6) is 1.50. The SMILES string of the molecule is CNC(=O)c1ccccc1Nc1nc(Nc2cc3c(cc2OC)CCN(CCOC)CC3)ncc1Br. The fourth-order valence-corrected chi connectivity index (χ4v) is 4.49. The van der Waals surface area contributed by atoms with Crippen molar-refractivity contribution in [3.05, 3.63) is 63.8 Å². The number of hydrogen-bond donors (Lipinski definition) is 3. The first-order valence-corrected chi connectivity index (χ1v) is 12.6. The Morgan fingerprint density at radius 3 is 2.56 bits per heavy atom. The highest BCUT2D eigenvalue weighted by Crippen LogP contribution is 2.33. The van der Waals surface area contributed by atoms with Crippen molar-refractivity contribution < 1.29 is 14.3 Å². The Morgan fingerprint density at radius 2 is 1.83 bits per heavy atom. The van der Waals surface area contributed by atoms with Crippen molar-refractivity contribution in [1.29, 1.82) is 0 Å². The first-order valence-electron chi connectivity index (χ1n) is 11.8. The van der Waals surface area contributed by atoms with Gasteiger partial charge >= 0.3 is 0 Å². The van der Waals surface area contributed by atoms with Crippen molar-refractivity contribution in [3.8, 4) is 5.75 Å². The Bertz CT molecular complexity index is 1220. The van der Waals surface area contributed by atoms with Gasteiger partial charge in [0.15, 0.2) is 0 Å². The van der Waals surface area contributed by atoms with Gasteiger partial charge in [0.05, 0.1) is 35.1 Å². The minimum Gasteiger partial charge on any atom is -0.495 e. The standard InChI is InChI=1S/C26H31BrN6O3/c1-28-25(34)19-6-4-5-7-21(19)30-24-20(27)16-29-26(32-24)31-22-14-17-8-10-33(12-13-35-2)11-9-18(17)15-23(22)36-3/h4-7,14-16H,8-13H2,1-3H3,(H,28,34)(H2,29,30,31,32). The molecule has 0 atom stereocenters. The number of anilines is 4. The maximum absolute atomic E-state index is 12.3. The molecule has 0 aliphatic carbocycles. The lowest BCUT2D eigenvalue weighted by Crippen LogP contribution is -2.29. The second-order valence-electron chi connectivity index (χ2n) is 8.42. The van der Waals surface area contributed by atoms with E-state index in [-0.39, 0.29) is 5.91 Å². The van der Waals surface area contributed by atoms with Gasteiger partial charge in [0.25, 0.3) is 5.91 Å². The van der Waals surface area contributed by atoms with Gasteiger partial charge in [-0.1, -0.05) is 12.1 Å². The van der Waals surface area contributed by atoms with Crippen LogP contribution >= 0.6 is 15.9 Å². The van der Waals surface area contributed by atoms with Gasteiger partial charge in [0.1, 0.15) is 11.6 Å². The van der Waals surface area contributed by atoms with E-state index in [0.717, 1.165) is 50.5 Å². The third-order valence-corrected chi connectivity index (χ3v) is 6.75. The molecule has 0 bridgehead atoms. The van der Waals surface area contributed by atoms with Crippen molar-refractivity contribution in [2.24, 2.45) is 0 Å². The highest BCUT2D eigenvalue weighted by Gasteiger charge is 2.18. The molecule has 9 nitrogen and oxygen atoms in total. The van der Waals surface area contributed by atoms with Gasteiger partial charge in [0, 0.05) is 40.0 Å². The number of amides is 1. The van der Waals surface area contributed by atoms with Crippen LogP contribution in [0, 0.1) is 0 Å². The average molecular weight is 555 g/mol. The summed E-state index contributed by atoms with van der Waals surface area (Å²) < 4.78 is 11.6. The number of methoxy groups -OCH3 is 2. The predicted molar refractivity (Wildman–Crippen MR) is 145 cm³/mol. The molecule has 1 aromatic heterocycles. The van der Waals surface area contributed by atoms with Crippen LogP contribution in [0.4, 0.5) is 23.1 Å². The molecule has 0 radical (unpaired) electrons. The van der Waals surface area contributed by atoms with Crippen LogP contribution in [0.2, 0.25) is 0 Å². The molecule has 0 fully saturated rings. The zero-order valence-corrected chi connectivity index (χ0v) is 22.3. The summed E-state index contributed by atoms with van der Waals surface area (Å²) in [5.41, 5.74) is 4.55. The molecule has 0 spiro atoms. The number of rotatable bonds is 9. The Morgan fingerprint density at radius 1 is 1.08 bits per heavy atom. The molecule has 0 unspecified atom stereocenters. The maximum Gasteiger partial charge on any atom is 0.253 e. The van der Waals surface area contributed by atoms with E-state index in [1.165, 1.54) is 11.1 Å². The molecule has 1 aliphatic heterocycles. The Labute approximate surface area is 219 Å². The Kier molecular flexibility index (Phi) is 8.74. The first kappa shape index (κ1) is 25.9. The molecule has 36 heavy (non-hydrogen) atoms. The first-order chi connectivity index (χ1) is 17.5. The number of halogens is 1. The molecule has 10 heteroatoms. The Hall–Kier alpha value is -3.21. The fraction of sp³-hybridized carbons (Fsp3) is 0.346. The number of para-hydroxylation sites is 1. The van der Waals surface area contributed by atoms with E-state index in [9.17, 15) is 4.79 Å². The summed E-state index contributed by atoms with van der Waals surface area (Å²) >= 11 is 3.51. The van der Waals surface area contributed by atoms with E-state index in [0.29, 0.717) is 27.5 Å². The molecular formula is C26H31BrN6O3. The topological polar surface area (TPSA) is 101 Å². The quantitative estimate of drug-likeness (QED) is 0.363. The molecule has 2 heterocycles. The van der Waals surface area contributed by atoms with Crippen LogP contribution in [0.5, 0.6) is 5.75 Å². The van der Waals surface area contributed by atoms with Gasteiger partial charge in [-0.3, -0.25) is 4.79 Å². The van der Waals surface area contributed by atoms with Crippen LogP contribution < -0.4 is 20.7 Å². The lowest BCUT2D eigenvalue weighted by atomic mass is 10.0. The molecule has 0 saturated carbocycles. The number of nitrogens with zero attached hydrogens (tertiary/aromatic N) is 3. The van der Waals surface area contributed by atoms with E-state index in [2.05, 4.69) is 58.9 Å². The van der Waals surface area contributed by atoms with Crippen molar-refractivity contribution in [3.63, 3.8) is 0 Å². The molecule has 1 aliphatic rings. The summed E-state index contributed by atoms with van der Waals surface area (Å²) in [7, 11) is 5.01. The van der Waals surface area contributed by atoms with Crippen molar-refractivity contribution in [2.45, 2.75) is 12.8 Å². The molecule has 2 aromatic carbocycles. The van der Waals surface area contributed by atoms with Gasteiger partial charge in [-0.05, 0) is 64.2 Å². The molecule has 3 aromatic rings. The van der Waals surface area contributed by atoms with Gasteiger partial charge in [-0.15, -0.1) is 0 Å². The zero-order valence-electron chi connectivity index (χ0n) is 20.7. The van der Waals surface area contributed by atoms with Crippen molar-refractivity contribution in [1.82, 2.24) is 20.2 Å². The normalized spacial score (nSPS) is 13.4. The summed E-state index contributed by atoms with van der Waals surface area (Å²) in [6, 6.07) is 11.5. The highest BCUT2D eigenvalue weighted by atomic mass is 79.9. The number of carbonyl (C=O) groups is 1. The molecule has 190 valence electrons. The fourth-order valence-electron chi connectivity index (χ4n) is 4.20. The number of nitrogens with one attached hydrogen (secondary N) is 3. The zero-order chi connectivity index (χ0) is 25.5. The van der Waals surface area contributed by atoms with E-state index >= 15 is 0 Å². The summed E-state index contributed by atoms with van der Waals surface area (Å²) in [6.45, 7) is 3.64. The second kappa shape index (κ2) is 12.2. The van der Waals surface area contributed by atoms with Crippen molar-refractivity contribution >= 4 is 45.0 Å². The predicted octanol–water partition coefficient (Wildman–Crippen LogP) is 4.14. The van der Waals surface area contributed by atoms with Gasteiger partial charge in [-0.25, -0.2) is 4.98 Å². The monoisotopic (exact) mass is 554 g/mol. The molecular weight excluding hydrogens is 524 g/mol. The van der Waals surface area contributed by atoms with Crippen LogP contribution in [-0.4, -0.2) is 68.3 Å². The third kappa shape index (κ3) is 6.13. The number of hydrogen-bond acceptors (Lipinski definition) is 8. The smallest absolute Gasteiger partial charge is 0.253 e. The Balaban J connectivity index is 1.57. The molecule has 1 amide bonds. The van der Waals surface area contributed by atoms with Crippen LogP contribution in [0.3, 0.4) is 0 Å². The van der Waals surface area contributed by atoms with E-state index < -0.39 is 0 Å². The summed E-state index contributed by atoms with van der Waals surface area (Å²) in [6.07, 6.45) is 3.58. The van der Waals surface area contributed by atoms with Crippen LogP contribution in [0.15, 0.2) is 47.1 Å². The molecule has 4 rings (SSSR count). The third-order valence-electron chi connectivity index (χ3n) is 6.17. The minimum atomic E-state index is -0.183. The lowest BCUT2D eigenvalue weighted by molar-refractivity contribution is 0.0964. The summed E-state index contributed by atoms with van der Waals surface area (Å²) in [4.78, 5) is 23.8. The second-order valence-corrected chi connectivity index (χ2v) is 9.27. The van der Waals surface area contributed by atoms with E-state index in [1.807, 2.05) is 18.2 Å². The van der Waals surface area contributed by atoms with Crippen LogP contribution in [-0.2, 0) is 17.6 Å². The molecule has 3 N–H and O–H groups in total. The van der Waals surface area contributed by atoms with E-state index in [1.54, 1.807) is 33.5 Å². The largest absolute Gasteiger partial charge is 0.495 e. The number of carbonyl (C=O) groups excluding carboxylic acids is 1. The lowest BCUT2D eigenvalue weighted by Gasteiger charge is -2.18. The number of ether oxygens (including phenoxy) is 2. The number of aromatic nitrogens is 2. The van der Waals surface area contributed by atoms with Crippen LogP contribution in [0.1, 0.15) is 21.5 Å². The van der Waals surface area contributed by atoms with Gasteiger partial charge < -0.3 is 30.3 Å².